The number of hydrogen-bond donors (Lipinski definition) is 1. The number of nitrogens with one attached hydrogen (secondary N) is 1. The second-order valence-corrected chi connectivity index (χ2v) is 13.6. The Morgan fingerprint density at radius 2 is 1.78 bits per heavy atom. The van der Waals surface area contributed by atoms with Crippen LogP contribution in [0.5, 0.6) is 5.75 Å². The predicted octanol–water partition coefficient (Wildman–Crippen LogP) is 7.30. The number of anilines is 2. The molecule has 0 amide bonds. The minimum absolute atomic E-state index is 0.0831. The van der Waals surface area contributed by atoms with Crippen LogP contribution in [0, 0.1) is 5.82 Å². The number of rotatable bonds is 13. The minimum Gasteiger partial charge on any atom is -0.487 e. The van der Waals surface area contributed by atoms with Crippen LogP contribution in [0.1, 0.15) is 10.6 Å². The summed E-state index contributed by atoms with van der Waals surface area (Å²) in [6.45, 7) is 0.635. The Hall–Kier alpha value is -4.49. The number of pyridine rings is 1. The topological polar surface area (TPSA) is 116 Å². The maximum Gasteiger partial charge on any atom is 0.180 e. The van der Waals surface area contributed by atoms with E-state index in [2.05, 4.69) is 20.3 Å². The highest BCUT2D eigenvalue weighted by molar-refractivity contribution is 7.91. The quantitative estimate of drug-likeness (QED) is 0.126. The number of nitrogens with zero attached hydrogens (tertiary/aromatic N) is 4. The highest BCUT2D eigenvalue weighted by atomic mass is 35.5. The van der Waals surface area contributed by atoms with Gasteiger partial charge in [-0.3, -0.25) is 4.98 Å². The zero-order valence-corrected chi connectivity index (χ0v) is 26.7. The van der Waals surface area contributed by atoms with Gasteiger partial charge in [-0.15, -0.1) is 11.3 Å². The molecule has 6 rings (SSSR count). The van der Waals surface area contributed by atoms with Crippen molar-refractivity contribution in [2.75, 3.05) is 24.3 Å². The van der Waals surface area contributed by atoms with Crippen LogP contribution < -0.4 is 10.1 Å². The fourth-order valence-corrected chi connectivity index (χ4v) is 6.69. The van der Waals surface area contributed by atoms with Gasteiger partial charge in [-0.1, -0.05) is 41.9 Å². The van der Waals surface area contributed by atoms with Gasteiger partial charge in [0.25, 0.3) is 0 Å². The summed E-state index contributed by atoms with van der Waals surface area (Å²) in [6.07, 6.45) is 3.67. The Bertz CT molecular complexity index is 2080. The first-order chi connectivity index (χ1) is 22.3. The van der Waals surface area contributed by atoms with E-state index in [9.17, 15) is 12.8 Å². The standard InChI is InChI=1S/C33H27ClFN5O4S2/c34-27-16-24(9-10-31(27)44-19-22-5-4-6-23(35)15-22)39-33-26-17-28(36-18-29(26)37-21-38-33)30-20-45-32(40-30)11-12-43-13-14-46(41,42)25-7-2-1-3-8-25/h1-10,15-18,20-21H,11-14,19H2,(H,37,38,39). The van der Waals surface area contributed by atoms with E-state index in [1.54, 1.807) is 60.8 Å². The maximum absolute atomic E-state index is 13.5. The average Bonchev–Trinajstić information content (AvgIpc) is 3.54. The van der Waals surface area contributed by atoms with E-state index in [0.29, 0.717) is 62.7 Å². The molecule has 0 saturated heterocycles. The van der Waals surface area contributed by atoms with Gasteiger partial charge in [-0.2, -0.15) is 0 Å². The molecule has 0 unspecified atom stereocenters. The van der Waals surface area contributed by atoms with E-state index in [1.807, 2.05) is 17.5 Å². The predicted molar refractivity (Wildman–Crippen MR) is 177 cm³/mol. The summed E-state index contributed by atoms with van der Waals surface area (Å²) < 4.78 is 49.7. The molecule has 6 aromatic rings. The zero-order chi connectivity index (χ0) is 31.9. The largest absolute Gasteiger partial charge is 0.487 e. The van der Waals surface area contributed by atoms with E-state index in [-0.39, 0.29) is 24.8 Å². The van der Waals surface area contributed by atoms with Crippen molar-refractivity contribution in [2.24, 2.45) is 0 Å². The third-order valence-electron chi connectivity index (χ3n) is 6.87. The SMILES string of the molecule is O=S(=O)(CCOCCc1nc(-c2cc3c(Nc4ccc(OCc5cccc(F)c5)c(Cl)c4)ncnc3cn2)cs1)c1ccccc1. The minimum atomic E-state index is -3.38. The van der Waals surface area contributed by atoms with Crippen LogP contribution in [0.15, 0.2) is 102 Å². The van der Waals surface area contributed by atoms with Gasteiger partial charge < -0.3 is 14.8 Å². The lowest BCUT2D eigenvalue weighted by Gasteiger charge is -2.12. The van der Waals surface area contributed by atoms with Crippen molar-refractivity contribution in [1.82, 2.24) is 19.9 Å². The number of aromatic nitrogens is 4. The van der Waals surface area contributed by atoms with Crippen molar-refractivity contribution in [3.8, 4) is 17.1 Å². The lowest BCUT2D eigenvalue weighted by molar-refractivity contribution is 0.152. The Morgan fingerprint density at radius 3 is 2.61 bits per heavy atom. The Morgan fingerprint density at radius 1 is 0.913 bits per heavy atom. The van der Waals surface area contributed by atoms with Crippen molar-refractivity contribution in [2.45, 2.75) is 17.9 Å². The van der Waals surface area contributed by atoms with Crippen LogP contribution in [-0.2, 0) is 27.6 Å². The highest BCUT2D eigenvalue weighted by Gasteiger charge is 2.14. The fraction of sp³-hybridized carbons (Fsp3) is 0.152. The maximum atomic E-state index is 13.5. The third kappa shape index (κ3) is 7.83. The van der Waals surface area contributed by atoms with E-state index in [1.165, 1.54) is 29.8 Å². The molecule has 0 aliphatic carbocycles. The first-order valence-corrected chi connectivity index (χ1v) is 17.1. The molecule has 234 valence electrons. The summed E-state index contributed by atoms with van der Waals surface area (Å²) in [7, 11) is -3.38. The monoisotopic (exact) mass is 675 g/mol. The van der Waals surface area contributed by atoms with Crippen LogP contribution in [0.2, 0.25) is 5.02 Å². The van der Waals surface area contributed by atoms with Crippen LogP contribution >= 0.6 is 22.9 Å². The molecule has 46 heavy (non-hydrogen) atoms. The highest BCUT2D eigenvalue weighted by Crippen LogP contribution is 2.32. The molecule has 9 nitrogen and oxygen atoms in total. The first-order valence-electron chi connectivity index (χ1n) is 14.2. The fourth-order valence-electron chi connectivity index (χ4n) is 4.54. The van der Waals surface area contributed by atoms with Gasteiger partial charge in [0.05, 0.1) is 57.0 Å². The van der Waals surface area contributed by atoms with Gasteiger partial charge in [-0.25, -0.2) is 27.8 Å². The summed E-state index contributed by atoms with van der Waals surface area (Å²) in [6, 6.07) is 21.7. The molecule has 13 heteroatoms. The molecular formula is C33H27ClFN5O4S2. The van der Waals surface area contributed by atoms with Gasteiger partial charge in [0.2, 0.25) is 0 Å². The number of benzene rings is 3. The Labute approximate surface area is 274 Å². The molecule has 3 aromatic heterocycles. The third-order valence-corrected chi connectivity index (χ3v) is 9.77. The summed E-state index contributed by atoms with van der Waals surface area (Å²) in [4.78, 5) is 18.3. The van der Waals surface area contributed by atoms with E-state index in [4.69, 9.17) is 26.1 Å². The molecule has 0 radical (unpaired) electrons. The first kappa shape index (κ1) is 31.5. The summed E-state index contributed by atoms with van der Waals surface area (Å²) in [5.41, 5.74) is 3.39. The Balaban J connectivity index is 1.08. The molecule has 1 N–H and O–H groups in total. The van der Waals surface area contributed by atoms with Crippen LogP contribution in [0.4, 0.5) is 15.9 Å². The van der Waals surface area contributed by atoms with Crippen molar-refractivity contribution in [1.29, 1.82) is 0 Å². The molecule has 0 spiro atoms. The normalized spacial score (nSPS) is 11.5. The molecule has 0 saturated carbocycles. The molecule has 0 aliphatic heterocycles. The van der Waals surface area contributed by atoms with E-state index < -0.39 is 9.84 Å². The number of halogens is 2. The van der Waals surface area contributed by atoms with Crippen molar-refractivity contribution in [3.63, 3.8) is 0 Å². The lowest BCUT2D eigenvalue weighted by atomic mass is 10.2. The Kier molecular flexibility index (Phi) is 9.79. The number of hydrogen-bond acceptors (Lipinski definition) is 10. The van der Waals surface area contributed by atoms with Crippen LogP contribution in [0.25, 0.3) is 22.3 Å². The van der Waals surface area contributed by atoms with Crippen LogP contribution in [-0.4, -0.2) is 47.3 Å². The molecule has 3 aromatic carbocycles. The molecule has 3 heterocycles. The van der Waals surface area contributed by atoms with Gasteiger partial charge >= 0.3 is 0 Å². The number of fused-ring (bicyclic) bond motifs is 1. The van der Waals surface area contributed by atoms with Gasteiger partial charge in [0, 0.05) is 22.9 Å². The summed E-state index contributed by atoms with van der Waals surface area (Å²) in [5, 5.41) is 7.19. The van der Waals surface area contributed by atoms with Crippen molar-refractivity contribution >= 4 is 55.2 Å². The second-order valence-electron chi connectivity index (χ2n) is 10.1. The van der Waals surface area contributed by atoms with Crippen LogP contribution in [0.3, 0.4) is 0 Å². The molecule has 0 bridgehead atoms. The zero-order valence-electron chi connectivity index (χ0n) is 24.3. The number of sulfone groups is 1. The van der Waals surface area contributed by atoms with E-state index >= 15 is 0 Å². The molecular weight excluding hydrogens is 649 g/mol. The molecule has 0 fully saturated rings. The average molecular weight is 676 g/mol. The lowest BCUT2D eigenvalue weighted by Crippen LogP contribution is -2.13. The molecule has 0 aliphatic rings. The second kappa shape index (κ2) is 14.3. The van der Waals surface area contributed by atoms with E-state index in [0.717, 1.165) is 10.4 Å². The number of thiazole rings is 1. The van der Waals surface area contributed by atoms with Crippen molar-refractivity contribution < 1.29 is 22.3 Å². The number of ether oxygens (including phenoxy) is 2. The van der Waals surface area contributed by atoms with Crippen molar-refractivity contribution in [3.05, 3.63) is 118 Å². The summed E-state index contributed by atoms with van der Waals surface area (Å²) >= 11 is 7.98. The van der Waals surface area contributed by atoms with Gasteiger partial charge in [-0.05, 0) is 54.1 Å². The molecule has 0 atom stereocenters. The van der Waals surface area contributed by atoms with Gasteiger partial charge in [0.15, 0.2) is 9.84 Å². The smallest absolute Gasteiger partial charge is 0.180 e. The van der Waals surface area contributed by atoms with Gasteiger partial charge in [0.1, 0.15) is 30.3 Å². The summed E-state index contributed by atoms with van der Waals surface area (Å²) in [5.74, 6) is 0.624.